The summed E-state index contributed by atoms with van der Waals surface area (Å²) in [5.74, 6) is 0.273. The van der Waals surface area contributed by atoms with E-state index < -0.39 is 0 Å². The summed E-state index contributed by atoms with van der Waals surface area (Å²) < 4.78 is 18.8. The number of piperazine rings is 1. The van der Waals surface area contributed by atoms with Gasteiger partial charge in [-0.3, -0.25) is 4.99 Å². The molecule has 4 aliphatic rings. The zero-order valence-corrected chi connectivity index (χ0v) is 21.5. The van der Waals surface area contributed by atoms with Crippen LogP contribution in [-0.4, -0.2) is 104 Å². The third-order valence-corrected chi connectivity index (χ3v) is 7.97. The molecule has 6 rings (SSSR count). The van der Waals surface area contributed by atoms with Crippen molar-refractivity contribution >= 4 is 23.0 Å². The van der Waals surface area contributed by atoms with Crippen molar-refractivity contribution in [2.24, 2.45) is 10.9 Å². The highest BCUT2D eigenvalue weighted by molar-refractivity contribution is 6.10. The van der Waals surface area contributed by atoms with Gasteiger partial charge in [0.1, 0.15) is 0 Å². The number of hydrogen-bond acceptors (Lipinski definition) is 8. The number of ether oxygens (including phenoxy) is 3. The Balaban J connectivity index is 1.14. The highest BCUT2D eigenvalue weighted by atomic mass is 16.6. The molecule has 37 heavy (non-hydrogen) atoms. The van der Waals surface area contributed by atoms with Gasteiger partial charge in [-0.2, -0.15) is 5.10 Å². The number of aromatic nitrogens is 2. The average molecular weight is 509 g/mol. The maximum absolute atomic E-state index is 12.4. The number of carbonyl (C=O) groups excluding carboxylic acids is 1. The summed E-state index contributed by atoms with van der Waals surface area (Å²) in [6.07, 6.45) is 10.2. The molecule has 10 nitrogen and oxygen atoms in total. The number of amides is 1. The highest BCUT2D eigenvalue weighted by Crippen LogP contribution is 2.33. The van der Waals surface area contributed by atoms with Gasteiger partial charge >= 0.3 is 6.09 Å². The Morgan fingerprint density at radius 1 is 1.27 bits per heavy atom. The lowest BCUT2D eigenvalue weighted by Crippen LogP contribution is -2.53. The van der Waals surface area contributed by atoms with E-state index in [0.717, 1.165) is 68.0 Å². The lowest BCUT2D eigenvalue weighted by molar-refractivity contribution is -0.104. The second kappa shape index (κ2) is 10.4. The summed E-state index contributed by atoms with van der Waals surface area (Å²) in [5, 5.41) is 8.07. The molecule has 0 aromatic carbocycles. The average Bonchev–Trinajstić information content (AvgIpc) is 3.36. The molecular formula is C27H36N6O4. The van der Waals surface area contributed by atoms with Gasteiger partial charge in [0, 0.05) is 69.8 Å². The largest absolute Gasteiger partial charge is 0.441 e. The first-order valence-electron chi connectivity index (χ1n) is 13.5. The fourth-order valence-electron chi connectivity index (χ4n) is 5.82. The van der Waals surface area contributed by atoms with Gasteiger partial charge in [-0.05, 0) is 44.5 Å². The molecule has 10 heteroatoms. The summed E-state index contributed by atoms with van der Waals surface area (Å²) >= 11 is 0. The van der Waals surface area contributed by atoms with Crippen molar-refractivity contribution in [3.8, 4) is 0 Å². The minimum Gasteiger partial charge on any atom is -0.441 e. The van der Waals surface area contributed by atoms with Gasteiger partial charge in [0.05, 0.1) is 35.7 Å². The van der Waals surface area contributed by atoms with Crippen LogP contribution in [0.2, 0.25) is 0 Å². The van der Waals surface area contributed by atoms with Crippen LogP contribution < -0.4 is 10.2 Å². The van der Waals surface area contributed by atoms with Gasteiger partial charge in [0.15, 0.2) is 6.10 Å². The summed E-state index contributed by atoms with van der Waals surface area (Å²) in [6, 6.07) is 4.22. The van der Waals surface area contributed by atoms with Crippen molar-refractivity contribution < 1.29 is 19.0 Å². The Kier molecular flexibility index (Phi) is 6.88. The van der Waals surface area contributed by atoms with E-state index in [1.807, 2.05) is 10.7 Å². The van der Waals surface area contributed by atoms with Crippen molar-refractivity contribution in [2.45, 2.75) is 31.5 Å². The first-order chi connectivity index (χ1) is 18.1. The monoisotopic (exact) mass is 508 g/mol. The Morgan fingerprint density at radius 2 is 2.14 bits per heavy atom. The number of nitrogens with one attached hydrogen (secondary N) is 1. The molecule has 1 unspecified atom stereocenters. The molecular weight excluding hydrogens is 472 g/mol. The number of hydrogen-bond donors (Lipinski definition) is 1. The van der Waals surface area contributed by atoms with Gasteiger partial charge < -0.3 is 29.3 Å². The van der Waals surface area contributed by atoms with Gasteiger partial charge in [0.2, 0.25) is 0 Å². The maximum Gasteiger partial charge on any atom is 0.410 e. The van der Waals surface area contributed by atoms with Crippen molar-refractivity contribution in [3.63, 3.8) is 0 Å². The number of fused-ring (bicyclic) bond motifs is 1. The molecule has 6 heterocycles. The van der Waals surface area contributed by atoms with Crippen LogP contribution in [0.5, 0.6) is 0 Å². The summed E-state index contributed by atoms with van der Waals surface area (Å²) in [4.78, 5) is 21.5. The standard InChI is InChI=1S/C27H36N6O4/c1-2-36-27(7-3-8-28-19-27)21-4-5-23(29-15-21)20-14-25-24(6-9-30-33(25)16-20)31-10-12-32(13-11-31)26(34)37-22-17-35-18-22/h4-6,9,14,16,21-22,28H,2-3,7-8,10-13,15,17-19H2,1H3/t21?,27-/m0/s1. The minimum atomic E-state index is -0.242. The summed E-state index contributed by atoms with van der Waals surface area (Å²) in [5.41, 5.74) is 4.03. The number of carbonyl (C=O) groups is 1. The van der Waals surface area contributed by atoms with Crippen LogP contribution >= 0.6 is 0 Å². The summed E-state index contributed by atoms with van der Waals surface area (Å²) in [7, 11) is 0. The molecule has 0 aliphatic carbocycles. The first kappa shape index (κ1) is 24.4. The molecule has 3 saturated heterocycles. The number of nitrogens with zero attached hydrogens (tertiary/aromatic N) is 5. The SMILES string of the molecule is CCO[C@@]1(C2C=CC(c3cc4c(N5CCN(C(=O)OC6COC6)CC5)ccnn4c3)=NC2)CCCNC1. The van der Waals surface area contributed by atoms with Crippen molar-refractivity contribution in [1.29, 1.82) is 0 Å². The van der Waals surface area contributed by atoms with E-state index in [9.17, 15) is 4.79 Å². The quantitative estimate of drug-likeness (QED) is 0.639. The van der Waals surface area contributed by atoms with E-state index >= 15 is 0 Å². The smallest absolute Gasteiger partial charge is 0.410 e. The van der Waals surface area contributed by atoms with Crippen LogP contribution in [0.15, 0.2) is 41.7 Å². The topological polar surface area (TPSA) is 92.9 Å². The minimum absolute atomic E-state index is 0.0967. The molecule has 1 N–H and O–H groups in total. The van der Waals surface area contributed by atoms with Crippen LogP contribution in [-0.2, 0) is 14.2 Å². The van der Waals surface area contributed by atoms with Crippen molar-refractivity contribution in [1.82, 2.24) is 19.8 Å². The van der Waals surface area contributed by atoms with E-state index in [-0.39, 0.29) is 23.7 Å². The van der Waals surface area contributed by atoms with E-state index in [0.29, 0.717) is 32.9 Å². The van der Waals surface area contributed by atoms with Gasteiger partial charge in [0.25, 0.3) is 0 Å². The maximum atomic E-state index is 12.4. The third kappa shape index (κ3) is 4.85. The molecule has 4 aliphatic heterocycles. The van der Waals surface area contributed by atoms with Crippen LogP contribution in [0.25, 0.3) is 5.52 Å². The lowest BCUT2D eigenvalue weighted by atomic mass is 9.79. The first-order valence-corrected chi connectivity index (χ1v) is 13.5. The molecule has 0 spiro atoms. The zero-order chi connectivity index (χ0) is 25.2. The molecule has 2 aromatic rings. The van der Waals surface area contributed by atoms with E-state index in [1.54, 1.807) is 4.90 Å². The number of dihydropyridines is 1. The Morgan fingerprint density at radius 3 is 2.81 bits per heavy atom. The Hall–Kier alpha value is -2.95. The van der Waals surface area contributed by atoms with Crippen molar-refractivity contribution in [2.75, 3.05) is 70.5 Å². The molecule has 2 atom stereocenters. The second-order valence-corrected chi connectivity index (χ2v) is 10.3. The van der Waals surface area contributed by atoms with Crippen molar-refractivity contribution in [3.05, 3.63) is 42.2 Å². The van der Waals surface area contributed by atoms with Gasteiger partial charge in [-0.15, -0.1) is 0 Å². The third-order valence-electron chi connectivity index (χ3n) is 7.97. The number of anilines is 1. The normalized spacial score (nSPS) is 26.7. The van der Waals surface area contributed by atoms with Gasteiger partial charge in [-0.25, -0.2) is 9.31 Å². The number of aliphatic imine (C=N–C) groups is 1. The van der Waals surface area contributed by atoms with Crippen LogP contribution in [0.3, 0.4) is 0 Å². The number of piperidine rings is 1. The highest BCUT2D eigenvalue weighted by Gasteiger charge is 2.40. The molecule has 198 valence electrons. The van der Waals surface area contributed by atoms with E-state index in [4.69, 9.17) is 19.2 Å². The summed E-state index contributed by atoms with van der Waals surface area (Å²) in [6.45, 7) is 9.20. The second-order valence-electron chi connectivity index (χ2n) is 10.3. The molecule has 0 saturated carbocycles. The molecule has 3 fully saturated rings. The Labute approximate surface area is 217 Å². The number of allylic oxidation sites excluding steroid dienone is 1. The lowest BCUT2D eigenvalue weighted by Gasteiger charge is -2.42. The molecule has 1 amide bonds. The van der Waals surface area contributed by atoms with Crippen LogP contribution in [0.4, 0.5) is 10.5 Å². The predicted octanol–water partition coefficient (Wildman–Crippen LogP) is 2.13. The predicted molar refractivity (Wildman–Crippen MR) is 141 cm³/mol. The molecule has 0 bridgehead atoms. The fraction of sp³-hybridized carbons (Fsp3) is 0.593. The van der Waals surface area contributed by atoms with Gasteiger partial charge in [-0.1, -0.05) is 6.08 Å². The molecule has 2 aromatic heterocycles. The number of rotatable bonds is 6. The van der Waals surface area contributed by atoms with E-state index in [2.05, 4.69) is 52.7 Å². The van der Waals surface area contributed by atoms with E-state index in [1.165, 1.54) is 0 Å². The molecule has 0 radical (unpaired) electrons. The zero-order valence-electron chi connectivity index (χ0n) is 21.5. The Bertz CT molecular complexity index is 1170. The van der Waals surface area contributed by atoms with Crippen LogP contribution in [0.1, 0.15) is 25.3 Å². The fourth-order valence-corrected chi connectivity index (χ4v) is 5.82. The van der Waals surface area contributed by atoms with Crippen LogP contribution in [0, 0.1) is 5.92 Å².